The maximum absolute atomic E-state index is 11.1. The standard InChI is InChI=1S/C16H31NO2/c1-4-5-6-7-8-9-10-11-13-17-14-12-15(2)16(18)19-3/h12,17H,4-11,13-14H2,1-3H3/b15-12-. The highest BCUT2D eigenvalue weighted by molar-refractivity contribution is 5.87. The second kappa shape index (κ2) is 13.6. The first-order chi connectivity index (χ1) is 9.22. The molecule has 1 N–H and O–H groups in total. The number of methoxy groups -OCH3 is 1. The molecule has 19 heavy (non-hydrogen) atoms. The number of ether oxygens (including phenoxy) is 1. The quantitative estimate of drug-likeness (QED) is 0.332. The number of carbonyl (C=O) groups is 1. The second-order valence-corrected chi connectivity index (χ2v) is 5.06. The van der Waals surface area contributed by atoms with Crippen molar-refractivity contribution in [3.8, 4) is 0 Å². The van der Waals surface area contributed by atoms with E-state index >= 15 is 0 Å². The Bertz CT molecular complexity index is 249. The number of hydrogen-bond acceptors (Lipinski definition) is 3. The van der Waals surface area contributed by atoms with Gasteiger partial charge in [-0.2, -0.15) is 0 Å². The maximum Gasteiger partial charge on any atom is 0.333 e. The maximum atomic E-state index is 11.1. The topological polar surface area (TPSA) is 38.3 Å². The Morgan fingerprint density at radius 2 is 1.63 bits per heavy atom. The first kappa shape index (κ1) is 18.2. The molecule has 3 heteroatoms. The molecule has 0 saturated carbocycles. The van der Waals surface area contributed by atoms with Crippen LogP contribution in [0.4, 0.5) is 0 Å². The highest BCUT2D eigenvalue weighted by Gasteiger charge is 2.00. The molecule has 0 aliphatic rings. The lowest BCUT2D eigenvalue weighted by Gasteiger charge is -2.03. The van der Waals surface area contributed by atoms with Gasteiger partial charge >= 0.3 is 5.97 Å². The van der Waals surface area contributed by atoms with Crippen molar-refractivity contribution in [3.63, 3.8) is 0 Å². The molecule has 0 rings (SSSR count). The van der Waals surface area contributed by atoms with Crippen LogP contribution in [0.25, 0.3) is 0 Å². The Balaban J connectivity index is 3.25. The third-order valence-corrected chi connectivity index (χ3v) is 3.27. The van der Waals surface area contributed by atoms with Gasteiger partial charge in [0.1, 0.15) is 0 Å². The molecule has 0 spiro atoms. The normalized spacial score (nSPS) is 11.6. The first-order valence-corrected chi connectivity index (χ1v) is 7.68. The molecule has 0 atom stereocenters. The van der Waals surface area contributed by atoms with Crippen LogP contribution in [-0.4, -0.2) is 26.2 Å². The van der Waals surface area contributed by atoms with Gasteiger partial charge in [0.15, 0.2) is 0 Å². The van der Waals surface area contributed by atoms with E-state index in [9.17, 15) is 4.79 Å². The SMILES string of the molecule is CCCCCCCCCCNC/C=C(/C)C(=O)OC. The molecule has 0 aromatic rings. The van der Waals surface area contributed by atoms with Gasteiger partial charge in [-0.1, -0.05) is 57.9 Å². The predicted octanol–water partition coefficient (Wildman–Crippen LogP) is 3.84. The monoisotopic (exact) mass is 269 g/mol. The molecular formula is C16H31NO2. The minimum Gasteiger partial charge on any atom is -0.466 e. The van der Waals surface area contributed by atoms with Crippen molar-refractivity contribution >= 4 is 5.97 Å². The molecule has 0 amide bonds. The molecule has 3 nitrogen and oxygen atoms in total. The number of carbonyl (C=O) groups excluding carboxylic acids is 1. The number of unbranched alkanes of at least 4 members (excludes halogenated alkanes) is 7. The molecule has 0 saturated heterocycles. The summed E-state index contributed by atoms with van der Waals surface area (Å²) in [5, 5.41) is 3.32. The van der Waals surface area contributed by atoms with Crippen molar-refractivity contribution in [1.82, 2.24) is 5.32 Å². The number of nitrogens with one attached hydrogen (secondary N) is 1. The zero-order chi connectivity index (χ0) is 14.3. The van der Waals surface area contributed by atoms with Gasteiger partial charge in [-0.05, 0) is 19.9 Å². The lowest BCUT2D eigenvalue weighted by atomic mass is 10.1. The Morgan fingerprint density at radius 3 is 2.21 bits per heavy atom. The smallest absolute Gasteiger partial charge is 0.333 e. The predicted molar refractivity (Wildman–Crippen MR) is 81.3 cm³/mol. The van der Waals surface area contributed by atoms with Gasteiger partial charge in [-0.15, -0.1) is 0 Å². The summed E-state index contributed by atoms with van der Waals surface area (Å²) < 4.78 is 4.63. The lowest BCUT2D eigenvalue weighted by Crippen LogP contribution is -2.16. The summed E-state index contributed by atoms with van der Waals surface area (Å²) in [5.41, 5.74) is 0.672. The fourth-order valence-corrected chi connectivity index (χ4v) is 1.96. The van der Waals surface area contributed by atoms with E-state index in [4.69, 9.17) is 0 Å². The van der Waals surface area contributed by atoms with Crippen LogP contribution < -0.4 is 5.32 Å². The van der Waals surface area contributed by atoms with Crippen LogP contribution >= 0.6 is 0 Å². The molecule has 0 aromatic heterocycles. The van der Waals surface area contributed by atoms with Crippen molar-refractivity contribution in [3.05, 3.63) is 11.6 Å². The van der Waals surface area contributed by atoms with E-state index in [1.165, 1.54) is 58.5 Å². The van der Waals surface area contributed by atoms with Crippen molar-refractivity contribution in [2.75, 3.05) is 20.2 Å². The second-order valence-electron chi connectivity index (χ2n) is 5.06. The molecule has 112 valence electrons. The highest BCUT2D eigenvalue weighted by atomic mass is 16.5. The van der Waals surface area contributed by atoms with Crippen LogP contribution in [0.3, 0.4) is 0 Å². The summed E-state index contributed by atoms with van der Waals surface area (Å²) in [6.07, 6.45) is 12.6. The number of rotatable bonds is 12. The van der Waals surface area contributed by atoms with E-state index in [1.807, 2.05) is 6.08 Å². The molecule has 0 aliphatic carbocycles. The van der Waals surface area contributed by atoms with E-state index in [1.54, 1.807) is 6.92 Å². The third-order valence-electron chi connectivity index (χ3n) is 3.27. The summed E-state index contributed by atoms with van der Waals surface area (Å²) in [7, 11) is 1.41. The minimum absolute atomic E-state index is 0.242. The van der Waals surface area contributed by atoms with Gasteiger partial charge < -0.3 is 10.1 Å². The van der Waals surface area contributed by atoms with Gasteiger partial charge in [0.2, 0.25) is 0 Å². The van der Waals surface area contributed by atoms with Crippen LogP contribution in [0.5, 0.6) is 0 Å². The van der Waals surface area contributed by atoms with Gasteiger partial charge in [-0.3, -0.25) is 0 Å². The van der Waals surface area contributed by atoms with Crippen LogP contribution in [-0.2, 0) is 9.53 Å². The number of esters is 1. The van der Waals surface area contributed by atoms with E-state index in [-0.39, 0.29) is 5.97 Å². The molecule has 0 bridgehead atoms. The van der Waals surface area contributed by atoms with Crippen LogP contribution in [0.15, 0.2) is 11.6 Å². The molecule has 0 radical (unpaired) electrons. The minimum atomic E-state index is -0.242. The van der Waals surface area contributed by atoms with Gasteiger partial charge in [0, 0.05) is 12.1 Å². The molecule has 0 aliphatic heterocycles. The summed E-state index contributed by atoms with van der Waals surface area (Å²) in [6.45, 7) is 5.81. The van der Waals surface area contributed by atoms with E-state index < -0.39 is 0 Å². The first-order valence-electron chi connectivity index (χ1n) is 7.68. The molecular weight excluding hydrogens is 238 g/mol. The van der Waals surface area contributed by atoms with E-state index in [0.29, 0.717) is 5.57 Å². The summed E-state index contributed by atoms with van der Waals surface area (Å²) >= 11 is 0. The molecule has 0 heterocycles. The Kier molecular flexibility index (Phi) is 13.0. The Labute approximate surface area is 118 Å². The zero-order valence-electron chi connectivity index (χ0n) is 13.0. The molecule has 0 fully saturated rings. The van der Waals surface area contributed by atoms with Crippen molar-refractivity contribution < 1.29 is 9.53 Å². The Hall–Kier alpha value is -0.830. The highest BCUT2D eigenvalue weighted by Crippen LogP contribution is 2.07. The molecule has 0 aromatic carbocycles. The summed E-state index contributed by atoms with van der Waals surface area (Å²) in [4.78, 5) is 11.1. The fourth-order valence-electron chi connectivity index (χ4n) is 1.96. The zero-order valence-corrected chi connectivity index (χ0v) is 13.0. The fraction of sp³-hybridized carbons (Fsp3) is 0.812. The summed E-state index contributed by atoms with van der Waals surface area (Å²) in [5.74, 6) is -0.242. The average molecular weight is 269 g/mol. The van der Waals surface area contributed by atoms with Crippen molar-refractivity contribution in [1.29, 1.82) is 0 Å². The van der Waals surface area contributed by atoms with Crippen molar-refractivity contribution in [2.24, 2.45) is 0 Å². The largest absolute Gasteiger partial charge is 0.466 e. The Morgan fingerprint density at radius 1 is 1.05 bits per heavy atom. The van der Waals surface area contributed by atoms with Crippen LogP contribution in [0.2, 0.25) is 0 Å². The van der Waals surface area contributed by atoms with Gasteiger partial charge in [0.25, 0.3) is 0 Å². The van der Waals surface area contributed by atoms with Gasteiger partial charge in [0.05, 0.1) is 7.11 Å². The van der Waals surface area contributed by atoms with Crippen LogP contribution in [0.1, 0.15) is 65.2 Å². The van der Waals surface area contributed by atoms with Crippen LogP contribution in [0, 0.1) is 0 Å². The third kappa shape index (κ3) is 12.0. The van der Waals surface area contributed by atoms with E-state index in [0.717, 1.165) is 13.1 Å². The number of hydrogen-bond donors (Lipinski definition) is 1. The lowest BCUT2D eigenvalue weighted by molar-refractivity contribution is -0.136. The average Bonchev–Trinajstić information content (AvgIpc) is 2.43. The van der Waals surface area contributed by atoms with Gasteiger partial charge in [-0.25, -0.2) is 4.79 Å². The molecule has 0 unspecified atom stereocenters. The summed E-state index contributed by atoms with van der Waals surface area (Å²) in [6, 6.07) is 0. The van der Waals surface area contributed by atoms with Crippen molar-refractivity contribution in [2.45, 2.75) is 65.2 Å². The van der Waals surface area contributed by atoms with E-state index in [2.05, 4.69) is 17.0 Å².